The van der Waals surface area contributed by atoms with Gasteiger partial charge in [-0.1, -0.05) is 6.07 Å². The van der Waals surface area contributed by atoms with E-state index in [0.29, 0.717) is 11.3 Å². The van der Waals surface area contributed by atoms with Gasteiger partial charge in [-0.2, -0.15) is 0 Å². The maximum Gasteiger partial charge on any atom is 0.337 e. The molecule has 106 valence electrons. The number of nitrogens with zero attached hydrogens (tertiary/aromatic N) is 2. The maximum atomic E-state index is 11.5. The number of aromatic nitrogens is 2. The van der Waals surface area contributed by atoms with E-state index < -0.39 is 5.60 Å². The lowest BCUT2D eigenvalue weighted by atomic mass is 10.1. The number of carbonyl (C=O) groups is 1. The molecule has 5 heteroatoms. The lowest BCUT2D eigenvalue weighted by molar-refractivity contribution is 0.0597. The molecule has 2 aromatic rings. The van der Waals surface area contributed by atoms with Crippen LogP contribution in [0.15, 0.2) is 36.7 Å². The van der Waals surface area contributed by atoms with E-state index in [1.807, 2.05) is 31.7 Å². The Balaban J connectivity index is 2.26. The Labute approximate surface area is 118 Å². The highest BCUT2D eigenvalue weighted by atomic mass is 16.5. The molecule has 0 radical (unpaired) electrons. The van der Waals surface area contributed by atoms with Gasteiger partial charge in [0.2, 0.25) is 0 Å². The van der Waals surface area contributed by atoms with Crippen LogP contribution in [0.5, 0.6) is 5.75 Å². The van der Waals surface area contributed by atoms with Crippen molar-refractivity contribution in [3.63, 3.8) is 0 Å². The average molecular weight is 274 g/mol. The first-order valence-electron chi connectivity index (χ1n) is 6.29. The fraction of sp³-hybridized carbons (Fsp3) is 0.333. The van der Waals surface area contributed by atoms with Crippen molar-refractivity contribution in [1.29, 1.82) is 0 Å². The highest BCUT2D eigenvalue weighted by Crippen LogP contribution is 2.26. The second-order valence-electron chi connectivity index (χ2n) is 4.99. The van der Waals surface area contributed by atoms with Crippen LogP contribution < -0.4 is 4.74 Å². The van der Waals surface area contributed by atoms with Crippen LogP contribution >= 0.6 is 0 Å². The van der Waals surface area contributed by atoms with E-state index >= 15 is 0 Å². The van der Waals surface area contributed by atoms with E-state index in [4.69, 9.17) is 9.47 Å². The number of methoxy groups -OCH3 is 1. The molecule has 0 aliphatic rings. The molecule has 1 heterocycles. The highest BCUT2D eigenvalue weighted by molar-refractivity contribution is 5.89. The van der Waals surface area contributed by atoms with Crippen LogP contribution in [-0.4, -0.2) is 22.6 Å². The summed E-state index contributed by atoms with van der Waals surface area (Å²) >= 11 is 0. The second-order valence-corrected chi connectivity index (χ2v) is 4.99. The van der Waals surface area contributed by atoms with Gasteiger partial charge in [-0.25, -0.2) is 9.78 Å². The normalized spacial score (nSPS) is 11.2. The number of ether oxygens (including phenoxy) is 2. The zero-order chi connectivity index (χ0) is 14.8. The molecule has 1 aromatic carbocycles. The van der Waals surface area contributed by atoms with Gasteiger partial charge >= 0.3 is 5.97 Å². The molecule has 0 saturated heterocycles. The third-order valence-corrected chi connectivity index (χ3v) is 2.99. The van der Waals surface area contributed by atoms with Crippen molar-refractivity contribution in [3.8, 4) is 5.75 Å². The smallest absolute Gasteiger partial charge is 0.337 e. The van der Waals surface area contributed by atoms with Crippen LogP contribution in [0, 0.1) is 0 Å². The van der Waals surface area contributed by atoms with Crippen LogP contribution in [0.2, 0.25) is 0 Å². The van der Waals surface area contributed by atoms with Crippen LogP contribution in [0.4, 0.5) is 0 Å². The van der Waals surface area contributed by atoms with Crippen LogP contribution in [0.1, 0.15) is 30.0 Å². The molecule has 5 nitrogen and oxygen atoms in total. The van der Waals surface area contributed by atoms with E-state index in [-0.39, 0.29) is 5.97 Å². The largest absolute Gasteiger partial charge is 0.480 e. The minimum Gasteiger partial charge on any atom is -0.480 e. The van der Waals surface area contributed by atoms with Crippen LogP contribution in [0.25, 0.3) is 0 Å². The van der Waals surface area contributed by atoms with Gasteiger partial charge < -0.3 is 14.0 Å². The number of rotatable bonds is 4. The Morgan fingerprint density at radius 3 is 2.70 bits per heavy atom. The van der Waals surface area contributed by atoms with Crippen LogP contribution in [0.3, 0.4) is 0 Å². The van der Waals surface area contributed by atoms with Crippen molar-refractivity contribution in [3.05, 3.63) is 48.0 Å². The van der Waals surface area contributed by atoms with Gasteiger partial charge in [0.1, 0.15) is 5.75 Å². The molecular weight excluding hydrogens is 256 g/mol. The Hall–Kier alpha value is -2.30. The molecule has 0 unspecified atom stereocenters. The van der Waals surface area contributed by atoms with Crippen molar-refractivity contribution >= 4 is 5.97 Å². The number of imidazole rings is 1. The fourth-order valence-corrected chi connectivity index (χ4v) is 2.09. The Kier molecular flexibility index (Phi) is 3.79. The monoisotopic (exact) mass is 274 g/mol. The van der Waals surface area contributed by atoms with Gasteiger partial charge in [0.25, 0.3) is 0 Å². The number of hydrogen-bond acceptors (Lipinski definition) is 4. The molecule has 0 fully saturated rings. The first-order valence-corrected chi connectivity index (χ1v) is 6.29. The number of aryl methyl sites for hydroxylation is 1. The van der Waals surface area contributed by atoms with E-state index in [0.717, 1.165) is 5.82 Å². The van der Waals surface area contributed by atoms with Crippen molar-refractivity contribution in [2.75, 3.05) is 7.11 Å². The molecule has 0 N–H and O–H groups in total. The molecule has 0 aliphatic heterocycles. The standard InChI is InChI=1S/C15H18N2O3/c1-15(2,14-16-8-9-17(14)3)20-12-7-5-6-11(10-12)13(18)19-4/h5-10H,1-4H3. The molecule has 20 heavy (non-hydrogen) atoms. The Bertz CT molecular complexity index is 617. The predicted octanol–water partition coefficient (Wildman–Crippen LogP) is 2.52. The van der Waals surface area contributed by atoms with E-state index in [1.54, 1.807) is 30.5 Å². The highest BCUT2D eigenvalue weighted by Gasteiger charge is 2.27. The van der Waals surface area contributed by atoms with Crippen molar-refractivity contribution in [2.45, 2.75) is 19.4 Å². The average Bonchev–Trinajstić information content (AvgIpc) is 2.85. The van der Waals surface area contributed by atoms with Crippen molar-refractivity contribution < 1.29 is 14.3 Å². The molecular formula is C15H18N2O3. The number of carbonyl (C=O) groups excluding carboxylic acids is 1. The first-order chi connectivity index (χ1) is 9.44. The topological polar surface area (TPSA) is 53.4 Å². The molecule has 2 rings (SSSR count). The van der Waals surface area contributed by atoms with Crippen LogP contribution in [-0.2, 0) is 17.4 Å². The minimum atomic E-state index is -0.604. The van der Waals surface area contributed by atoms with Crippen molar-refractivity contribution in [1.82, 2.24) is 9.55 Å². The minimum absolute atomic E-state index is 0.384. The lowest BCUT2D eigenvalue weighted by Gasteiger charge is -2.26. The lowest BCUT2D eigenvalue weighted by Crippen LogP contribution is -2.29. The quantitative estimate of drug-likeness (QED) is 0.804. The number of benzene rings is 1. The molecule has 0 bridgehead atoms. The third kappa shape index (κ3) is 2.82. The third-order valence-electron chi connectivity index (χ3n) is 2.99. The summed E-state index contributed by atoms with van der Waals surface area (Å²) in [4.78, 5) is 15.8. The van der Waals surface area contributed by atoms with Gasteiger partial charge in [-0.05, 0) is 32.0 Å². The summed E-state index contributed by atoms with van der Waals surface area (Å²) in [6.45, 7) is 3.86. The fourth-order valence-electron chi connectivity index (χ4n) is 2.09. The summed E-state index contributed by atoms with van der Waals surface area (Å²) in [7, 11) is 3.27. The molecule has 1 aromatic heterocycles. The molecule has 0 amide bonds. The summed E-state index contributed by atoms with van der Waals surface area (Å²) < 4.78 is 12.6. The van der Waals surface area contributed by atoms with Gasteiger partial charge in [0.05, 0.1) is 12.7 Å². The van der Waals surface area contributed by atoms with E-state index in [9.17, 15) is 4.79 Å². The van der Waals surface area contributed by atoms with Gasteiger partial charge in [-0.3, -0.25) is 0 Å². The summed E-state index contributed by atoms with van der Waals surface area (Å²) in [5.74, 6) is 1.02. The summed E-state index contributed by atoms with van der Waals surface area (Å²) in [6, 6.07) is 6.91. The maximum absolute atomic E-state index is 11.5. The summed E-state index contributed by atoms with van der Waals surface area (Å²) in [6.07, 6.45) is 3.59. The molecule has 0 atom stereocenters. The van der Waals surface area contributed by atoms with Crippen molar-refractivity contribution in [2.24, 2.45) is 7.05 Å². The van der Waals surface area contributed by atoms with E-state index in [2.05, 4.69) is 4.98 Å². The number of esters is 1. The van der Waals surface area contributed by atoms with Gasteiger partial charge in [-0.15, -0.1) is 0 Å². The van der Waals surface area contributed by atoms with E-state index in [1.165, 1.54) is 7.11 Å². The SMILES string of the molecule is COC(=O)c1cccc(OC(C)(C)c2nccn2C)c1. The first kappa shape index (κ1) is 14.1. The summed E-state index contributed by atoms with van der Waals surface area (Å²) in [5, 5.41) is 0. The molecule has 0 saturated carbocycles. The zero-order valence-electron chi connectivity index (χ0n) is 12.1. The van der Waals surface area contributed by atoms with Gasteiger partial charge in [0.15, 0.2) is 11.4 Å². The predicted molar refractivity (Wildman–Crippen MR) is 74.6 cm³/mol. The zero-order valence-corrected chi connectivity index (χ0v) is 12.1. The second kappa shape index (κ2) is 5.36. The molecule has 0 spiro atoms. The number of hydrogen-bond donors (Lipinski definition) is 0. The molecule has 0 aliphatic carbocycles. The summed E-state index contributed by atoms with van der Waals surface area (Å²) in [5.41, 5.74) is -0.145. The van der Waals surface area contributed by atoms with Gasteiger partial charge in [0, 0.05) is 19.4 Å². The Morgan fingerprint density at radius 1 is 1.35 bits per heavy atom. The Morgan fingerprint density at radius 2 is 2.10 bits per heavy atom.